The van der Waals surface area contributed by atoms with E-state index in [1.807, 2.05) is 36.4 Å². The average molecular weight is 369 g/mol. The number of halogens is 1. The maximum absolute atomic E-state index is 12.1. The highest BCUT2D eigenvalue weighted by Crippen LogP contribution is 2.24. The quantitative estimate of drug-likeness (QED) is 0.476. The van der Waals surface area contributed by atoms with Crippen molar-refractivity contribution >= 4 is 34.5 Å². The van der Waals surface area contributed by atoms with Gasteiger partial charge in [0, 0.05) is 17.7 Å². The van der Waals surface area contributed by atoms with Gasteiger partial charge in [-0.1, -0.05) is 48.0 Å². The molecule has 3 rings (SSSR count). The van der Waals surface area contributed by atoms with Gasteiger partial charge in [-0.15, -0.1) is 0 Å². The first-order valence-corrected chi connectivity index (χ1v) is 8.41. The van der Waals surface area contributed by atoms with Crippen molar-refractivity contribution in [3.63, 3.8) is 0 Å². The number of phenols is 1. The van der Waals surface area contributed by atoms with Crippen LogP contribution in [0.2, 0.25) is 5.02 Å². The van der Waals surface area contributed by atoms with Gasteiger partial charge in [0.1, 0.15) is 5.75 Å². The van der Waals surface area contributed by atoms with Crippen LogP contribution >= 0.6 is 11.6 Å². The molecule has 132 valence electrons. The predicted molar refractivity (Wildman–Crippen MR) is 103 cm³/mol. The van der Waals surface area contributed by atoms with Gasteiger partial charge in [-0.3, -0.25) is 4.79 Å². The molecule has 26 heavy (non-hydrogen) atoms. The molecule has 0 bridgehead atoms. The normalized spacial score (nSPS) is 11.2. The van der Waals surface area contributed by atoms with Crippen LogP contribution in [-0.4, -0.2) is 28.9 Å². The van der Waals surface area contributed by atoms with E-state index >= 15 is 0 Å². The number of amides is 1. The first-order valence-electron chi connectivity index (χ1n) is 8.03. The van der Waals surface area contributed by atoms with Crippen LogP contribution in [0.4, 0.5) is 0 Å². The minimum Gasteiger partial charge on any atom is -0.506 e. The third kappa shape index (κ3) is 3.85. The zero-order valence-corrected chi connectivity index (χ0v) is 14.6. The van der Waals surface area contributed by atoms with Crippen LogP contribution in [0.25, 0.3) is 10.8 Å². The Morgan fingerprint density at radius 3 is 2.62 bits per heavy atom. The van der Waals surface area contributed by atoms with Crippen molar-refractivity contribution in [2.24, 2.45) is 5.10 Å². The molecule has 5 nitrogen and oxygen atoms in total. The number of carbonyl (C=O) groups is 1. The second-order valence-electron chi connectivity index (χ2n) is 5.70. The number of benzene rings is 3. The largest absolute Gasteiger partial charge is 0.506 e. The number of nitrogens with zero attached hydrogens (tertiary/aromatic N) is 1. The fraction of sp³-hybridized carbons (Fsp3) is 0.100. The van der Waals surface area contributed by atoms with E-state index in [9.17, 15) is 15.0 Å². The topological polar surface area (TPSA) is 81.9 Å². The highest BCUT2D eigenvalue weighted by atomic mass is 35.5. The molecule has 1 amide bonds. The molecule has 0 fully saturated rings. The van der Waals surface area contributed by atoms with Crippen LogP contribution < -0.4 is 5.43 Å². The third-order valence-corrected chi connectivity index (χ3v) is 4.31. The number of aromatic hydroxyl groups is 1. The van der Waals surface area contributed by atoms with Crippen LogP contribution in [-0.2, 0) is 6.42 Å². The maximum atomic E-state index is 12.1. The molecule has 0 saturated heterocycles. The van der Waals surface area contributed by atoms with E-state index in [1.165, 1.54) is 18.2 Å². The summed E-state index contributed by atoms with van der Waals surface area (Å²) in [6.07, 6.45) is 2.15. The van der Waals surface area contributed by atoms with Crippen molar-refractivity contribution in [1.82, 2.24) is 5.43 Å². The number of hydrogen-bond donors (Lipinski definition) is 3. The second-order valence-corrected chi connectivity index (χ2v) is 6.11. The first-order chi connectivity index (χ1) is 12.6. The summed E-state index contributed by atoms with van der Waals surface area (Å²) in [6.45, 7) is 0.0860. The highest BCUT2D eigenvalue weighted by Gasteiger charge is 2.08. The van der Waals surface area contributed by atoms with Crippen molar-refractivity contribution in [2.45, 2.75) is 6.42 Å². The van der Waals surface area contributed by atoms with Crippen LogP contribution in [0.5, 0.6) is 5.75 Å². The smallest absolute Gasteiger partial charge is 0.271 e. The molecule has 6 heteroatoms. The predicted octanol–water partition coefficient (Wildman–Crippen LogP) is 3.50. The molecular weight excluding hydrogens is 352 g/mol. The third-order valence-electron chi connectivity index (χ3n) is 4.01. The molecule has 0 spiro atoms. The molecule has 0 heterocycles. The molecule has 0 aliphatic heterocycles. The molecule has 0 saturated carbocycles. The molecule has 0 aliphatic carbocycles. The zero-order valence-electron chi connectivity index (χ0n) is 13.8. The van der Waals surface area contributed by atoms with Crippen molar-refractivity contribution in [3.8, 4) is 5.75 Å². The first kappa shape index (κ1) is 17.9. The summed E-state index contributed by atoms with van der Waals surface area (Å²) < 4.78 is 0. The Hall–Kier alpha value is -2.89. The molecule has 0 unspecified atom stereocenters. The molecule has 0 aliphatic rings. The Kier molecular flexibility index (Phi) is 5.51. The molecule has 3 N–H and O–H groups in total. The van der Waals surface area contributed by atoms with Crippen molar-refractivity contribution in [1.29, 1.82) is 0 Å². The summed E-state index contributed by atoms with van der Waals surface area (Å²) in [6, 6.07) is 15.9. The van der Waals surface area contributed by atoms with E-state index in [0.717, 1.165) is 21.9 Å². The van der Waals surface area contributed by atoms with Crippen LogP contribution in [0.3, 0.4) is 0 Å². The van der Waals surface area contributed by atoms with Gasteiger partial charge in [-0.25, -0.2) is 5.43 Å². The van der Waals surface area contributed by atoms with Crippen LogP contribution in [0.1, 0.15) is 21.5 Å². The minimum absolute atomic E-state index is 0.0823. The van der Waals surface area contributed by atoms with Gasteiger partial charge in [0.25, 0.3) is 5.91 Å². The monoisotopic (exact) mass is 368 g/mol. The minimum atomic E-state index is -0.427. The van der Waals surface area contributed by atoms with E-state index in [2.05, 4.69) is 10.5 Å². The van der Waals surface area contributed by atoms with Gasteiger partial charge < -0.3 is 10.2 Å². The SMILES string of the molecule is O=C(N/N=C/c1ccc(CCO)c2ccccc12)c1ccc(O)c(Cl)c1. The lowest BCUT2D eigenvalue weighted by Crippen LogP contribution is -2.17. The number of fused-ring (bicyclic) bond motifs is 1. The molecule has 0 radical (unpaired) electrons. The molecule has 0 aromatic heterocycles. The number of hydrazone groups is 1. The zero-order chi connectivity index (χ0) is 18.5. The fourth-order valence-electron chi connectivity index (χ4n) is 2.71. The number of rotatable bonds is 5. The maximum Gasteiger partial charge on any atom is 0.271 e. The lowest BCUT2D eigenvalue weighted by molar-refractivity contribution is 0.0955. The van der Waals surface area contributed by atoms with E-state index < -0.39 is 5.91 Å². The van der Waals surface area contributed by atoms with Gasteiger partial charge in [-0.05, 0) is 41.0 Å². The van der Waals surface area contributed by atoms with Crippen molar-refractivity contribution in [3.05, 3.63) is 76.3 Å². The van der Waals surface area contributed by atoms with Crippen molar-refractivity contribution < 1.29 is 15.0 Å². The number of aliphatic hydroxyl groups excluding tert-OH is 1. The lowest BCUT2D eigenvalue weighted by Gasteiger charge is -2.08. The molecule has 3 aromatic rings. The standard InChI is InChI=1S/C20H17ClN2O3/c21-18-11-14(7-8-19(18)25)20(26)23-22-12-15-6-5-13(9-10-24)16-3-1-2-4-17(15)16/h1-8,11-12,24-25H,9-10H2,(H,23,26)/b22-12+. The van der Waals surface area contributed by atoms with E-state index in [0.29, 0.717) is 12.0 Å². The average Bonchev–Trinajstić information content (AvgIpc) is 2.65. The summed E-state index contributed by atoms with van der Waals surface area (Å²) >= 11 is 5.81. The Morgan fingerprint density at radius 1 is 1.12 bits per heavy atom. The van der Waals surface area contributed by atoms with Crippen LogP contribution in [0.15, 0.2) is 59.7 Å². The molecule has 3 aromatic carbocycles. The van der Waals surface area contributed by atoms with E-state index in [1.54, 1.807) is 6.21 Å². The molecular formula is C20H17ClN2O3. The van der Waals surface area contributed by atoms with E-state index in [-0.39, 0.29) is 17.4 Å². The number of nitrogens with one attached hydrogen (secondary N) is 1. The number of carbonyl (C=O) groups excluding carboxylic acids is 1. The van der Waals surface area contributed by atoms with Crippen LogP contribution in [0, 0.1) is 0 Å². The second kappa shape index (κ2) is 7.99. The number of phenolic OH excluding ortho intramolecular Hbond substituents is 1. The van der Waals surface area contributed by atoms with E-state index in [4.69, 9.17) is 11.6 Å². The Morgan fingerprint density at radius 2 is 1.88 bits per heavy atom. The summed E-state index contributed by atoms with van der Waals surface area (Å²) in [5.74, 6) is -0.509. The van der Waals surface area contributed by atoms with Crippen molar-refractivity contribution in [2.75, 3.05) is 6.61 Å². The Bertz CT molecular complexity index is 986. The van der Waals surface area contributed by atoms with Gasteiger partial charge in [0.2, 0.25) is 0 Å². The number of hydrogen-bond acceptors (Lipinski definition) is 4. The Labute approximate surface area is 155 Å². The summed E-state index contributed by atoms with van der Waals surface area (Å²) in [7, 11) is 0. The lowest BCUT2D eigenvalue weighted by atomic mass is 9.98. The summed E-state index contributed by atoms with van der Waals surface area (Å²) in [5.41, 5.74) is 4.66. The molecule has 0 atom stereocenters. The van der Waals surface area contributed by atoms with Gasteiger partial charge in [0.15, 0.2) is 0 Å². The fourth-order valence-corrected chi connectivity index (χ4v) is 2.89. The Balaban J connectivity index is 1.81. The summed E-state index contributed by atoms with van der Waals surface area (Å²) in [5, 5.41) is 24.8. The van der Waals surface area contributed by atoms with Gasteiger partial charge in [-0.2, -0.15) is 5.10 Å². The van der Waals surface area contributed by atoms with Gasteiger partial charge in [0.05, 0.1) is 11.2 Å². The highest BCUT2D eigenvalue weighted by molar-refractivity contribution is 6.32. The number of aliphatic hydroxyl groups is 1. The van der Waals surface area contributed by atoms with Gasteiger partial charge >= 0.3 is 0 Å². The summed E-state index contributed by atoms with van der Waals surface area (Å²) in [4.78, 5) is 12.1.